The molecule has 0 aliphatic carbocycles. The van der Waals surface area contributed by atoms with Crippen LogP contribution in [0.4, 0.5) is 0 Å². The van der Waals surface area contributed by atoms with E-state index >= 15 is 0 Å². The Hall–Kier alpha value is -1.35. The molecule has 0 saturated heterocycles. The molecule has 1 aromatic carbocycles. The number of nitriles is 1. The molecular weight excluding hydrogens is 169 g/mol. The molecule has 0 spiro atoms. The maximum Gasteiger partial charge on any atom is 0.523 e. The molecule has 0 heterocycles. The number of hydrogen-bond donors (Lipinski definition) is 1. The number of hydrogen-bond acceptors (Lipinski definition) is 4. The first kappa shape index (κ1) is 9.74. The molecule has 1 rings (SSSR count). The fourth-order valence-electron chi connectivity index (χ4n) is 0.798. The smallest absolute Gasteiger partial charge is 0.422 e. The van der Waals surface area contributed by atoms with E-state index in [9.17, 15) is 5.02 Å². The first-order valence-electron chi connectivity index (χ1n) is 3.73. The van der Waals surface area contributed by atoms with Crippen LogP contribution in [0.1, 0.15) is 0 Å². The Kier molecular flexibility index (Phi) is 3.99. The SMILES string of the molecule is N#CCOOB(O)c1ccccc1. The average Bonchev–Trinajstić information content (AvgIpc) is 2.19. The molecule has 0 radical (unpaired) electrons. The Bertz CT molecular complexity index is 285. The second-order valence-corrected chi connectivity index (χ2v) is 2.28. The van der Waals surface area contributed by atoms with E-state index in [-0.39, 0.29) is 6.61 Å². The van der Waals surface area contributed by atoms with Gasteiger partial charge in [-0.15, -0.1) is 0 Å². The van der Waals surface area contributed by atoms with Crippen LogP contribution in [-0.2, 0) is 9.69 Å². The Morgan fingerprint density at radius 1 is 1.38 bits per heavy atom. The number of benzene rings is 1. The molecule has 66 valence electrons. The highest BCUT2D eigenvalue weighted by Gasteiger charge is 2.16. The van der Waals surface area contributed by atoms with Gasteiger partial charge < -0.3 is 5.02 Å². The zero-order chi connectivity index (χ0) is 9.52. The molecular formula is C8H8BNO3. The minimum atomic E-state index is -1.14. The topological polar surface area (TPSA) is 62.5 Å². The number of rotatable bonds is 4. The zero-order valence-electron chi connectivity index (χ0n) is 6.88. The maximum atomic E-state index is 9.29. The van der Waals surface area contributed by atoms with Crippen LogP contribution in [0.25, 0.3) is 0 Å². The first-order valence-corrected chi connectivity index (χ1v) is 3.73. The van der Waals surface area contributed by atoms with Gasteiger partial charge in [0.1, 0.15) is 0 Å². The van der Waals surface area contributed by atoms with Crippen LogP contribution in [0.5, 0.6) is 0 Å². The molecule has 0 atom stereocenters. The van der Waals surface area contributed by atoms with E-state index in [1.807, 2.05) is 6.07 Å². The van der Waals surface area contributed by atoms with Gasteiger partial charge in [-0.3, -0.25) is 4.81 Å². The van der Waals surface area contributed by atoms with E-state index in [2.05, 4.69) is 9.69 Å². The molecule has 4 nitrogen and oxygen atoms in total. The van der Waals surface area contributed by atoms with Crippen LogP contribution in [0.3, 0.4) is 0 Å². The zero-order valence-corrected chi connectivity index (χ0v) is 6.88. The van der Waals surface area contributed by atoms with Gasteiger partial charge in [-0.25, -0.2) is 4.89 Å². The van der Waals surface area contributed by atoms with Gasteiger partial charge in [0.05, 0.1) is 6.07 Å². The molecule has 5 heteroatoms. The van der Waals surface area contributed by atoms with E-state index in [0.717, 1.165) is 0 Å². The monoisotopic (exact) mass is 177 g/mol. The third-order valence-corrected chi connectivity index (χ3v) is 1.37. The quantitative estimate of drug-likeness (QED) is 0.300. The van der Waals surface area contributed by atoms with Gasteiger partial charge >= 0.3 is 7.12 Å². The minimum Gasteiger partial charge on any atom is -0.422 e. The van der Waals surface area contributed by atoms with Crippen LogP contribution in [0.2, 0.25) is 0 Å². The van der Waals surface area contributed by atoms with E-state index in [1.165, 1.54) is 0 Å². The highest BCUT2D eigenvalue weighted by molar-refractivity contribution is 6.59. The summed E-state index contributed by atoms with van der Waals surface area (Å²) in [6, 6.07) is 10.5. The molecule has 0 fully saturated rings. The van der Waals surface area contributed by atoms with Crippen LogP contribution in [0.15, 0.2) is 30.3 Å². The summed E-state index contributed by atoms with van der Waals surface area (Å²) in [6.07, 6.45) is 0. The lowest BCUT2D eigenvalue weighted by molar-refractivity contribution is -0.208. The lowest BCUT2D eigenvalue weighted by atomic mass is 9.80. The van der Waals surface area contributed by atoms with Crippen molar-refractivity contribution in [1.29, 1.82) is 5.26 Å². The molecule has 0 unspecified atom stereocenters. The highest BCUT2D eigenvalue weighted by atomic mass is 17.2. The van der Waals surface area contributed by atoms with Crippen LogP contribution >= 0.6 is 0 Å². The summed E-state index contributed by atoms with van der Waals surface area (Å²) in [4.78, 5) is 8.89. The molecule has 0 aliphatic heterocycles. The molecule has 0 aromatic heterocycles. The standard InChI is InChI=1S/C8H8BNO3/c10-6-7-12-13-9(11)8-4-2-1-3-5-8/h1-5,11H,7H2. The van der Waals surface area contributed by atoms with Crippen molar-refractivity contribution >= 4 is 12.6 Å². The fourth-order valence-corrected chi connectivity index (χ4v) is 0.798. The lowest BCUT2D eigenvalue weighted by Gasteiger charge is -2.04. The van der Waals surface area contributed by atoms with Crippen LogP contribution < -0.4 is 5.46 Å². The summed E-state index contributed by atoms with van der Waals surface area (Å²) in [6.45, 7) is -0.204. The van der Waals surface area contributed by atoms with E-state index in [4.69, 9.17) is 5.26 Å². The summed E-state index contributed by atoms with van der Waals surface area (Å²) >= 11 is 0. The van der Waals surface area contributed by atoms with Crippen LogP contribution in [-0.4, -0.2) is 18.7 Å². The Morgan fingerprint density at radius 3 is 2.69 bits per heavy atom. The second kappa shape index (κ2) is 5.33. The lowest BCUT2D eigenvalue weighted by Crippen LogP contribution is -2.33. The van der Waals surface area contributed by atoms with Gasteiger partial charge in [0, 0.05) is 0 Å². The van der Waals surface area contributed by atoms with Crippen molar-refractivity contribution in [2.24, 2.45) is 0 Å². The molecule has 0 saturated carbocycles. The summed E-state index contributed by atoms with van der Waals surface area (Å²) in [5, 5.41) is 17.4. The Morgan fingerprint density at radius 2 is 2.08 bits per heavy atom. The summed E-state index contributed by atoms with van der Waals surface area (Å²) < 4.78 is 0. The van der Waals surface area contributed by atoms with Crippen molar-refractivity contribution in [3.05, 3.63) is 30.3 Å². The summed E-state index contributed by atoms with van der Waals surface area (Å²) in [5.74, 6) is 0. The molecule has 0 aliphatic rings. The van der Waals surface area contributed by atoms with Gasteiger partial charge in [-0.05, 0) is 5.46 Å². The molecule has 1 N–H and O–H groups in total. The van der Waals surface area contributed by atoms with Gasteiger partial charge in [-0.2, -0.15) is 5.26 Å². The largest absolute Gasteiger partial charge is 0.523 e. The second-order valence-electron chi connectivity index (χ2n) is 2.28. The van der Waals surface area contributed by atoms with E-state index < -0.39 is 7.12 Å². The number of nitrogens with zero attached hydrogens (tertiary/aromatic N) is 1. The molecule has 0 bridgehead atoms. The predicted octanol–water partition coefficient (Wildman–Crippen LogP) is -0.154. The van der Waals surface area contributed by atoms with E-state index in [1.54, 1.807) is 30.3 Å². The summed E-state index contributed by atoms with van der Waals surface area (Å²) in [5.41, 5.74) is 0.584. The Labute approximate surface area is 76.4 Å². The van der Waals surface area contributed by atoms with Crippen molar-refractivity contribution < 1.29 is 14.7 Å². The maximum absolute atomic E-state index is 9.29. The molecule has 0 amide bonds. The third-order valence-electron chi connectivity index (χ3n) is 1.37. The Balaban J connectivity index is 2.41. The van der Waals surface area contributed by atoms with Gasteiger partial charge in [0.2, 0.25) is 0 Å². The normalized spacial score (nSPS) is 9.23. The van der Waals surface area contributed by atoms with Crippen molar-refractivity contribution in [2.45, 2.75) is 0 Å². The highest BCUT2D eigenvalue weighted by Crippen LogP contribution is 1.88. The minimum absolute atomic E-state index is 0.204. The average molecular weight is 177 g/mol. The van der Waals surface area contributed by atoms with E-state index in [0.29, 0.717) is 5.46 Å². The first-order chi connectivity index (χ1) is 6.34. The predicted molar refractivity (Wildman–Crippen MR) is 46.7 cm³/mol. The molecule has 13 heavy (non-hydrogen) atoms. The fraction of sp³-hybridized carbons (Fsp3) is 0.125. The van der Waals surface area contributed by atoms with Crippen molar-refractivity contribution in [3.8, 4) is 6.07 Å². The van der Waals surface area contributed by atoms with Gasteiger partial charge in [0.15, 0.2) is 6.61 Å². The van der Waals surface area contributed by atoms with Crippen molar-refractivity contribution in [2.75, 3.05) is 6.61 Å². The molecule has 1 aromatic rings. The van der Waals surface area contributed by atoms with Crippen molar-refractivity contribution in [1.82, 2.24) is 0 Å². The van der Waals surface area contributed by atoms with Crippen molar-refractivity contribution in [3.63, 3.8) is 0 Å². The van der Waals surface area contributed by atoms with Gasteiger partial charge in [0.25, 0.3) is 0 Å². The third kappa shape index (κ3) is 3.26. The van der Waals surface area contributed by atoms with Gasteiger partial charge in [-0.1, -0.05) is 30.3 Å². The van der Waals surface area contributed by atoms with Crippen LogP contribution in [0, 0.1) is 11.3 Å². The summed E-state index contributed by atoms with van der Waals surface area (Å²) in [7, 11) is -1.14.